The monoisotopic (exact) mass is 313 g/mol. The van der Waals surface area contributed by atoms with Gasteiger partial charge in [-0.05, 0) is 25.0 Å². The van der Waals surface area contributed by atoms with E-state index >= 15 is 0 Å². The van der Waals surface area contributed by atoms with Gasteiger partial charge in [-0.3, -0.25) is 0 Å². The highest BCUT2D eigenvalue weighted by Gasteiger charge is 2.18. The molecule has 5 heteroatoms. The minimum absolute atomic E-state index is 0.558. The van der Waals surface area contributed by atoms with E-state index in [9.17, 15) is 0 Å². The van der Waals surface area contributed by atoms with Crippen LogP contribution in [0.2, 0.25) is 5.02 Å². The highest BCUT2D eigenvalue weighted by atomic mass is 35.5. The summed E-state index contributed by atoms with van der Waals surface area (Å²) in [6.45, 7) is 0.567. The van der Waals surface area contributed by atoms with Crippen molar-refractivity contribution in [3.8, 4) is 11.8 Å². The zero-order valence-electron chi connectivity index (χ0n) is 12.3. The lowest BCUT2D eigenvalue weighted by atomic mass is 10.1. The fraction of sp³-hybridized carbons (Fsp3) is 0.294. The fourth-order valence-corrected chi connectivity index (χ4v) is 2.27. The van der Waals surface area contributed by atoms with Crippen LogP contribution in [0, 0.1) is 17.8 Å². The van der Waals surface area contributed by atoms with E-state index in [0.717, 1.165) is 16.8 Å². The predicted octanol–water partition coefficient (Wildman–Crippen LogP) is 3.35. The van der Waals surface area contributed by atoms with Gasteiger partial charge in [0.25, 0.3) is 0 Å². The maximum absolute atomic E-state index is 6.34. The van der Waals surface area contributed by atoms with Gasteiger partial charge in [0.15, 0.2) is 0 Å². The van der Waals surface area contributed by atoms with Gasteiger partial charge in [0, 0.05) is 29.4 Å². The van der Waals surface area contributed by atoms with Crippen LogP contribution in [-0.2, 0) is 11.4 Å². The molecule has 0 spiro atoms. The normalized spacial score (nSPS) is 14.4. The topological polar surface area (TPSA) is 39.4 Å². The molecule has 4 nitrogen and oxygen atoms in total. The Kier molecular flexibility index (Phi) is 4.45. The first kappa shape index (κ1) is 14.7. The van der Waals surface area contributed by atoms with E-state index < -0.39 is 0 Å². The van der Waals surface area contributed by atoms with E-state index in [-0.39, 0.29) is 0 Å². The van der Waals surface area contributed by atoms with Crippen LogP contribution in [0.5, 0.6) is 0 Å². The summed E-state index contributed by atoms with van der Waals surface area (Å²) in [5, 5.41) is 4.74. The summed E-state index contributed by atoms with van der Waals surface area (Å²) in [5.41, 5.74) is 2.55. The van der Waals surface area contributed by atoms with Gasteiger partial charge >= 0.3 is 0 Å². The zero-order valence-corrected chi connectivity index (χ0v) is 13.0. The van der Waals surface area contributed by atoms with E-state index in [1.165, 1.54) is 20.0 Å². The van der Waals surface area contributed by atoms with Crippen molar-refractivity contribution in [2.75, 3.05) is 7.11 Å². The van der Waals surface area contributed by atoms with Gasteiger partial charge in [0.1, 0.15) is 12.8 Å². The molecule has 0 saturated heterocycles. The van der Waals surface area contributed by atoms with Crippen molar-refractivity contribution in [2.24, 2.45) is 11.1 Å². The summed E-state index contributed by atoms with van der Waals surface area (Å²) in [5.74, 6) is 6.93. The highest BCUT2D eigenvalue weighted by Crippen LogP contribution is 2.28. The van der Waals surface area contributed by atoms with Crippen LogP contribution in [0.1, 0.15) is 24.0 Å². The molecular formula is C17H16ClN3O. The first-order valence-corrected chi connectivity index (χ1v) is 7.51. The molecule has 0 aliphatic heterocycles. The zero-order chi connectivity index (χ0) is 15.4. The van der Waals surface area contributed by atoms with E-state index in [1.54, 1.807) is 12.5 Å². The molecular weight excluding hydrogens is 298 g/mol. The van der Waals surface area contributed by atoms with E-state index in [1.807, 2.05) is 29.0 Å². The third-order valence-corrected chi connectivity index (χ3v) is 3.70. The lowest BCUT2D eigenvalue weighted by Crippen LogP contribution is -2.11. The van der Waals surface area contributed by atoms with Crippen LogP contribution in [0.15, 0.2) is 42.1 Å². The Morgan fingerprint density at radius 3 is 3.00 bits per heavy atom. The second-order valence-electron chi connectivity index (χ2n) is 5.19. The summed E-state index contributed by atoms with van der Waals surface area (Å²) in [4.78, 5) is 8.98. The Bertz CT molecular complexity index is 737. The number of aromatic nitrogens is 2. The van der Waals surface area contributed by atoms with Crippen LogP contribution in [0.4, 0.5) is 0 Å². The van der Waals surface area contributed by atoms with Gasteiger partial charge < -0.3 is 9.40 Å². The molecule has 1 heterocycles. The molecule has 1 saturated carbocycles. The number of halogens is 1. The molecule has 1 aromatic carbocycles. The van der Waals surface area contributed by atoms with Gasteiger partial charge in [0.05, 0.1) is 17.9 Å². The van der Waals surface area contributed by atoms with Crippen LogP contribution < -0.4 is 0 Å². The van der Waals surface area contributed by atoms with Gasteiger partial charge in [-0.25, -0.2) is 4.98 Å². The third-order valence-electron chi connectivity index (χ3n) is 3.38. The standard InChI is InChI=1S/C17H16ClN3O/c1-22-20-17(11-21-9-8-19-12-21)15-7-6-14(16(18)10-15)5-4-13-2-3-13/h6-10,12-13H,2-3,11H2,1H3. The van der Waals surface area contributed by atoms with Gasteiger partial charge in [0.2, 0.25) is 0 Å². The Labute approximate surface area is 134 Å². The number of rotatable bonds is 4. The van der Waals surface area contributed by atoms with Crippen molar-refractivity contribution in [1.82, 2.24) is 9.55 Å². The minimum atomic E-state index is 0.558. The number of benzene rings is 1. The van der Waals surface area contributed by atoms with E-state index in [4.69, 9.17) is 16.4 Å². The predicted molar refractivity (Wildman–Crippen MR) is 86.8 cm³/mol. The Balaban J connectivity index is 1.84. The number of oxime groups is 1. The maximum atomic E-state index is 6.34. The quantitative estimate of drug-likeness (QED) is 0.493. The van der Waals surface area contributed by atoms with E-state index in [2.05, 4.69) is 22.0 Å². The van der Waals surface area contributed by atoms with Gasteiger partial charge in [-0.2, -0.15) is 0 Å². The first-order valence-electron chi connectivity index (χ1n) is 7.13. The molecule has 0 radical (unpaired) electrons. The lowest BCUT2D eigenvalue weighted by Gasteiger charge is -2.08. The lowest BCUT2D eigenvalue weighted by molar-refractivity contribution is 0.212. The smallest absolute Gasteiger partial charge is 0.107 e. The Hall–Kier alpha value is -2.25. The molecule has 1 aliphatic rings. The Morgan fingerprint density at radius 2 is 2.36 bits per heavy atom. The molecule has 0 atom stereocenters. The second kappa shape index (κ2) is 6.67. The molecule has 1 aromatic heterocycles. The fourth-order valence-electron chi connectivity index (χ4n) is 2.04. The van der Waals surface area contributed by atoms with Crippen LogP contribution >= 0.6 is 11.6 Å². The summed E-state index contributed by atoms with van der Waals surface area (Å²) >= 11 is 6.34. The molecule has 1 fully saturated rings. The largest absolute Gasteiger partial charge is 0.399 e. The van der Waals surface area contributed by atoms with Crippen LogP contribution in [0.25, 0.3) is 0 Å². The third kappa shape index (κ3) is 3.69. The SMILES string of the molecule is CON=C(Cn1ccnc1)c1ccc(C#CC2CC2)c(Cl)c1. The van der Waals surface area contributed by atoms with Crippen molar-refractivity contribution in [3.63, 3.8) is 0 Å². The second-order valence-corrected chi connectivity index (χ2v) is 5.60. The molecule has 1 aliphatic carbocycles. The number of nitrogens with zero attached hydrogens (tertiary/aromatic N) is 3. The number of imidazole rings is 1. The minimum Gasteiger partial charge on any atom is -0.399 e. The maximum Gasteiger partial charge on any atom is 0.107 e. The average molecular weight is 314 g/mol. The van der Waals surface area contributed by atoms with Crippen molar-refractivity contribution < 1.29 is 4.84 Å². The van der Waals surface area contributed by atoms with Crippen LogP contribution in [-0.4, -0.2) is 22.4 Å². The van der Waals surface area contributed by atoms with E-state index in [0.29, 0.717) is 17.5 Å². The van der Waals surface area contributed by atoms with Crippen molar-refractivity contribution in [1.29, 1.82) is 0 Å². The summed E-state index contributed by atoms with van der Waals surface area (Å²) in [7, 11) is 1.53. The summed E-state index contributed by atoms with van der Waals surface area (Å²) < 4.78 is 1.92. The van der Waals surface area contributed by atoms with Crippen LogP contribution in [0.3, 0.4) is 0 Å². The molecule has 0 unspecified atom stereocenters. The van der Waals surface area contributed by atoms with Gasteiger partial charge in [-0.15, -0.1) is 0 Å². The molecule has 22 heavy (non-hydrogen) atoms. The van der Waals surface area contributed by atoms with Crippen molar-refractivity contribution in [3.05, 3.63) is 53.1 Å². The number of hydrogen-bond donors (Lipinski definition) is 0. The molecule has 2 aromatic rings. The molecule has 0 N–H and O–H groups in total. The summed E-state index contributed by atoms with van der Waals surface area (Å²) in [6, 6.07) is 5.79. The first-order chi connectivity index (χ1) is 10.8. The molecule has 0 bridgehead atoms. The molecule has 112 valence electrons. The molecule has 3 rings (SSSR count). The van der Waals surface area contributed by atoms with Crippen molar-refractivity contribution in [2.45, 2.75) is 19.4 Å². The number of hydrogen-bond acceptors (Lipinski definition) is 3. The summed E-state index contributed by atoms with van der Waals surface area (Å²) in [6.07, 6.45) is 7.76. The Morgan fingerprint density at radius 1 is 1.50 bits per heavy atom. The highest BCUT2D eigenvalue weighted by molar-refractivity contribution is 6.32. The van der Waals surface area contributed by atoms with Crippen molar-refractivity contribution >= 4 is 17.3 Å². The average Bonchev–Trinajstić information content (AvgIpc) is 3.20. The molecule has 0 amide bonds. The van der Waals surface area contributed by atoms with Gasteiger partial charge in [-0.1, -0.05) is 34.7 Å².